The Morgan fingerprint density at radius 1 is 1.26 bits per heavy atom. The zero-order chi connectivity index (χ0) is 16.8. The smallest absolute Gasteiger partial charge is 0.262 e. The fourth-order valence-corrected chi connectivity index (χ4v) is 2.14. The van der Waals surface area contributed by atoms with Gasteiger partial charge in [-0.1, -0.05) is 17.7 Å². The Morgan fingerprint density at radius 2 is 2.04 bits per heavy atom. The summed E-state index contributed by atoms with van der Waals surface area (Å²) in [6.45, 7) is 1.77. The van der Waals surface area contributed by atoms with Gasteiger partial charge < -0.3 is 14.8 Å². The first-order chi connectivity index (χ1) is 11.0. The molecule has 0 aliphatic heterocycles. The predicted octanol–water partition coefficient (Wildman–Crippen LogP) is 3.55. The van der Waals surface area contributed by atoms with Crippen LogP contribution >= 0.6 is 11.6 Å². The topological polar surface area (TPSA) is 71.3 Å². The van der Waals surface area contributed by atoms with Crippen molar-refractivity contribution >= 4 is 23.2 Å². The molecule has 23 heavy (non-hydrogen) atoms. The number of amides is 1. The molecule has 0 bridgehead atoms. The first kappa shape index (κ1) is 16.7. The summed E-state index contributed by atoms with van der Waals surface area (Å²) in [4.78, 5) is 11.9. The van der Waals surface area contributed by atoms with Crippen molar-refractivity contribution in [2.24, 2.45) is 0 Å². The molecule has 0 fully saturated rings. The number of halogens is 1. The summed E-state index contributed by atoms with van der Waals surface area (Å²) in [5.74, 6) is 0.721. The number of nitrogens with zero attached hydrogens (tertiary/aromatic N) is 1. The number of hydrogen-bond acceptors (Lipinski definition) is 4. The highest BCUT2D eigenvalue weighted by Crippen LogP contribution is 2.27. The largest absolute Gasteiger partial charge is 0.493 e. The average Bonchev–Trinajstić information content (AvgIpc) is 2.53. The summed E-state index contributed by atoms with van der Waals surface area (Å²) in [6, 6.07) is 12.1. The molecule has 0 spiro atoms. The number of rotatable bonds is 5. The lowest BCUT2D eigenvalue weighted by Gasteiger charge is -2.11. The van der Waals surface area contributed by atoms with E-state index in [4.69, 9.17) is 26.3 Å². The molecule has 0 saturated carbocycles. The highest BCUT2D eigenvalue weighted by Gasteiger charge is 2.09. The van der Waals surface area contributed by atoms with Crippen LogP contribution in [-0.4, -0.2) is 19.6 Å². The van der Waals surface area contributed by atoms with E-state index in [1.165, 1.54) is 6.07 Å². The molecular weight excluding hydrogens is 316 g/mol. The van der Waals surface area contributed by atoms with Crippen molar-refractivity contribution in [2.75, 3.05) is 19.0 Å². The molecule has 2 aromatic rings. The number of benzene rings is 2. The van der Waals surface area contributed by atoms with Crippen molar-refractivity contribution in [3.05, 3.63) is 52.5 Å². The summed E-state index contributed by atoms with van der Waals surface area (Å²) in [6.07, 6.45) is 0. The van der Waals surface area contributed by atoms with Crippen LogP contribution < -0.4 is 14.8 Å². The van der Waals surface area contributed by atoms with E-state index < -0.39 is 0 Å². The zero-order valence-corrected chi connectivity index (χ0v) is 13.5. The minimum Gasteiger partial charge on any atom is -0.493 e. The van der Waals surface area contributed by atoms with Crippen LogP contribution in [0, 0.1) is 18.3 Å². The Labute approximate surface area is 139 Å². The Kier molecular flexibility index (Phi) is 5.45. The second-order valence-corrected chi connectivity index (χ2v) is 5.20. The highest BCUT2D eigenvalue weighted by molar-refractivity contribution is 6.32. The molecule has 5 nitrogen and oxygen atoms in total. The minimum absolute atomic E-state index is 0.170. The third-order valence-corrected chi connectivity index (χ3v) is 3.36. The minimum atomic E-state index is -0.339. The molecule has 0 heterocycles. The van der Waals surface area contributed by atoms with Gasteiger partial charge >= 0.3 is 0 Å². The highest BCUT2D eigenvalue weighted by atomic mass is 35.5. The Hall–Kier alpha value is -2.71. The lowest BCUT2D eigenvalue weighted by Crippen LogP contribution is -2.20. The number of carbonyl (C=O) groups is 1. The quantitative estimate of drug-likeness (QED) is 0.910. The van der Waals surface area contributed by atoms with Gasteiger partial charge in [0.2, 0.25) is 0 Å². The molecule has 0 aliphatic carbocycles. The maximum atomic E-state index is 11.9. The SMILES string of the molecule is COc1cc(C)ccc1OCC(=O)Nc1ccc(C#N)c(Cl)c1. The first-order valence-corrected chi connectivity index (χ1v) is 7.18. The van der Waals surface area contributed by atoms with Crippen molar-refractivity contribution < 1.29 is 14.3 Å². The lowest BCUT2D eigenvalue weighted by atomic mass is 10.2. The molecule has 2 rings (SSSR count). The number of ether oxygens (including phenoxy) is 2. The van der Waals surface area contributed by atoms with Gasteiger partial charge in [0.05, 0.1) is 17.7 Å². The van der Waals surface area contributed by atoms with Gasteiger partial charge in [0, 0.05) is 5.69 Å². The van der Waals surface area contributed by atoms with E-state index in [0.29, 0.717) is 22.7 Å². The van der Waals surface area contributed by atoms with Crippen LogP contribution in [0.5, 0.6) is 11.5 Å². The van der Waals surface area contributed by atoms with E-state index in [-0.39, 0.29) is 17.5 Å². The van der Waals surface area contributed by atoms with Crippen molar-refractivity contribution in [1.82, 2.24) is 0 Å². The molecule has 1 amide bonds. The first-order valence-electron chi connectivity index (χ1n) is 6.80. The number of nitrogens with one attached hydrogen (secondary N) is 1. The van der Waals surface area contributed by atoms with Crippen LogP contribution in [0.4, 0.5) is 5.69 Å². The second-order valence-electron chi connectivity index (χ2n) is 4.80. The predicted molar refractivity (Wildman–Crippen MR) is 88.0 cm³/mol. The van der Waals surface area contributed by atoms with E-state index in [1.807, 2.05) is 25.1 Å². The van der Waals surface area contributed by atoms with E-state index in [9.17, 15) is 4.79 Å². The van der Waals surface area contributed by atoms with Crippen molar-refractivity contribution in [3.8, 4) is 17.6 Å². The van der Waals surface area contributed by atoms with Crippen LogP contribution in [-0.2, 0) is 4.79 Å². The lowest BCUT2D eigenvalue weighted by molar-refractivity contribution is -0.118. The normalized spacial score (nSPS) is 9.83. The molecular formula is C17H15ClN2O3. The molecule has 2 aromatic carbocycles. The van der Waals surface area contributed by atoms with Crippen molar-refractivity contribution in [3.63, 3.8) is 0 Å². The van der Waals surface area contributed by atoms with Gasteiger partial charge in [-0.05, 0) is 42.8 Å². The third kappa shape index (κ3) is 4.38. The molecule has 118 valence electrons. The van der Waals surface area contributed by atoms with E-state index >= 15 is 0 Å². The molecule has 6 heteroatoms. The van der Waals surface area contributed by atoms with Crippen LogP contribution in [0.3, 0.4) is 0 Å². The number of methoxy groups -OCH3 is 1. The number of carbonyl (C=O) groups excluding carboxylic acids is 1. The average molecular weight is 331 g/mol. The summed E-state index contributed by atoms with van der Waals surface area (Å²) >= 11 is 5.92. The monoisotopic (exact) mass is 330 g/mol. The molecule has 0 saturated heterocycles. The van der Waals surface area contributed by atoms with Crippen LogP contribution in [0.1, 0.15) is 11.1 Å². The second kappa shape index (κ2) is 7.52. The van der Waals surface area contributed by atoms with Gasteiger partial charge in [-0.3, -0.25) is 4.79 Å². The Morgan fingerprint density at radius 3 is 2.70 bits per heavy atom. The van der Waals surface area contributed by atoms with Crippen LogP contribution in [0.15, 0.2) is 36.4 Å². The summed E-state index contributed by atoms with van der Waals surface area (Å²) in [7, 11) is 1.54. The number of aryl methyl sites for hydroxylation is 1. The van der Waals surface area contributed by atoms with E-state index in [2.05, 4.69) is 5.32 Å². The van der Waals surface area contributed by atoms with Crippen LogP contribution in [0.2, 0.25) is 5.02 Å². The summed E-state index contributed by atoms with van der Waals surface area (Å²) < 4.78 is 10.7. The van der Waals surface area contributed by atoms with E-state index in [0.717, 1.165) is 5.56 Å². The maximum Gasteiger partial charge on any atom is 0.262 e. The molecule has 1 N–H and O–H groups in total. The fourth-order valence-electron chi connectivity index (χ4n) is 1.92. The number of anilines is 1. The summed E-state index contributed by atoms with van der Waals surface area (Å²) in [5, 5.41) is 11.8. The molecule has 0 atom stereocenters. The van der Waals surface area contributed by atoms with Crippen LogP contribution in [0.25, 0.3) is 0 Å². The third-order valence-electron chi connectivity index (χ3n) is 3.05. The van der Waals surface area contributed by atoms with Gasteiger partial charge in [0.1, 0.15) is 6.07 Å². The standard InChI is InChI=1S/C17H15ClN2O3/c1-11-3-6-15(16(7-11)22-2)23-10-17(21)20-13-5-4-12(9-19)14(18)8-13/h3-8H,10H2,1-2H3,(H,20,21). The maximum absolute atomic E-state index is 11.9. The van der Waals surface area contributed by atoms with Gasteiger partial charge in [0.15, 0.2) is 18.1 Å². The van der Waals surface area contributed by atoms with Gasteiger partial charge in [-0.25, -0.2) is 0 Å². The molecule has 0 radical (unpaired) electrons. The Bertz CT molecular complexity index is 769. The van der Waals surface area contributed by atoms with Gasteiger partial charge in [-0.2, -0.15) is 5.26 Å². The fraction of sp³-hybridized carbons (Fsp3) is 0.176. The molecule has 0 aliphatic rings. The van der Waals surface area contributed by atoms with Gasteiger partial charge in [-0.15, -0.1) is 0 Å². The van der Waals surface area contributed by atoms with Crippen molar-refractivity contribution in [1.29, 1.82) is 5.26 Å². The number of nitriles is 1. The van der Waals surface area contributed by atoms with Crippen molar-refractivity contribution in [2.45, 2.75) is 6.92 Å². The summed E-state index contributed by atoms with van der Waals surface area (Å²) in [5.41, 5.74) is 1.88. The molecule has 0 unspecified atom stereocenters. The van der Waals surface area contributed by atoms with Gasteiger partial charge in [0.25, 0.3) is 5.91 Å². The molecule has 0 aromatic heterocycles. The Balaban J connectivity index is 1.98. The zero-order valence-electron chi connectivity index (χ0n) is 12.7. The number of hydrogen-bond donors (Lipinski definition) is 1. The van der Waals surface area contributed by atoms with E-state index in [1.54, 1.807) is 25.3 Å².